The van der Waals surface area contributed by atoms with Gasteiger partial charge < -0.3 is 14.5 Å². The van der Waals surface area contributed by atoms with Gasteiger partial charge in [0.1, 0.15) is 11.5 Å². The normalized spacial score (nSPS) is 20.9. The minimum atomic E-state index is 0.405. The quantitative estimate of drug-likeness (QED) is 0.857. The van der Waals surface area contributed by atoms with Gasteiger partial charge in [0, 0.05) is 25.3 Å². The monoisotopic (exact) mass is 266 g/mol. The number of rotatable bonds is 6. The van der Waals surface area contributed by atoms with E-state index in [0.29, 0.717) is 6.10 Å². The van der Waals surface area contributed by atoms with Crippen LogP contribution in [0.5, 0.6) is 0 Å². The minimum Gasteiger partial charge on any atom is -0.465 e. The summed E-state index contributed by atoms with van der Waals surface area (Å²) in [6.45, 7) is 8.91. The van der Waals surface area contributed by atoms with Crippen LogP contribution in [-0.2, 0) is 17.8 Å². The molecule has 0 amide bonds. The lowest BCUT2D eigenvalue weighted by molar-refractivity contribution is 0.00352. The molecule has 1 aliphatic rings. The molecule has 0 saturated carbocycles. The number of ether oxygens (including phenoxy) is 1. The van der Waals surface area contributed by atoms with Gasteiger partial charge in [0.15, 0.2) is 0 Å². The molecule has 19 heavy (non-hydrogen) atoms. The van der Waals surface area contributed by atoms with Crippen molar-refractivity contribution in [3.05, 3.63) is 23.2 Å². The molecule has 2 rings (SSSR count). The Balaban J connectivity index is 1.92. The maximum atomic E-state index is 5.75. The van der Waals surface area contributed by atoms with E-state index in [0.717, 1.165) is 44.3 Å². The van der Waals surface area contributed by atoms with Crippen LogP contribution in [0.2, 0.25) is 0 Å². The molecule has 1 aromatic heterocycles. The largest absolute Gasteiger partial charge is 0.465 e. The third-order valence-electron chi connectivity index (χ3n) is 3.68. The predicted octanol–water partition coefficient (Wildman–Crippen LogP) is 2.31. The van der Waals surface area contributed by atoms with Crippen LogP contribution in [0, 0.1) is 6.92 Å². The molecule has 1 unspecified atom stereocenters. The molecule has 1 aliphatic heterocycles. The number of likely N-dealkylation sites (tertiary alicyclic amines) is 1. The SMILES string of the molecule is CCOC1CCCN(Cc2cc(CNC)oc2C)C1. The van der Waals surface area contributed by atoms with Gasteiger partial charge in [-0.25, -0.2) is 0 Å². The molecule has 1 aromatic rings. The molecular formula is C15H26N2O2. The zero-order chi connectivity index (χ0) is 13.7. The maximum absolute atomic E-state index is 5.75. The van der Waals surface area contributed by atoms with Gasteiger partial charge in [-0.15, -0.1) is 0 Å². The molecule has 2 heterocycles. The molecule has 4 nitrogen and oxygen atoms in total. The van der Waals surface area contributed by atoms with Crippen LogP contribution >= 0.6 is 0 Å². The van der Waals surface area contributed by atoms with Crippen LogP contribution in [-0.4, -0.2) is 37.7 Å². The third kappa shape index (κ3) is 4.06. The van der Waals surface area contributed by atoms with Gasteiger partial charge >= 0.3 is 0 Å². The molecule has 4 heteroatoms. The molecule has 1 fully saturated rings. The second-order valence-electron chi connectivity index (χ2n) is 5.28. The lowest BCUT2D eigenvalue weighted by Crippen LogP contribution is -2.39. The summed E-state index contributed by atoms with van der Waals surface area (Å²) < 4.78 is 11.5. The van der Waals surface area contributed by atoms with Crippen molar-refractivity contribution in [3.63, 3.8) is 0 Å². The Bertz CT molecular complexity index is 387. The number of nitrogens with one attached hydrogen (secondary N) is 1. The summed E-state index contributed by atoms with van der Waals surface area (Å²) in [5.74, 6) is 2.07. The average molecular weight is 266 g/mol. The van der Waals surface area contributed by atoms with Crippen molar-refractivity contribution in [2.45, 2.75) is 45.9 Å². The van der Waals surface area contributed by atoms with Gasteiger partial charge in [-0.3, -0.25) is 4.90 Å². The maximum Gasteiger partial charge on any atom is 0.118 e. The van der Waals surface area contributed by atoms with Crippen molar-refractivity contribution >= 4 is 0 Å². The predicted molar refractivity (Wildman–Crippen MR) is 76.1 cm³/mol. The van der Waals surface area contributed by atoms with Crippen molar-refractivity contribution in [1.82, 2.24) is 10.2 Å². The number of piperidine rings is 1. The fourth-order valence-corrected chi connectivity index (χ4v) is 2.78. The minimum absolute atomic E-state index is 0.405. The zero-order valence-electron chi connectivity index (χ0n) is 12.4. The Labute approximate surface area is 116 Å². The lowest BCUT2D eigenvalue weighted by atomic mass is 10.1. The summed E-state index contributed by atoms with van der Waals surface area (Å²) in [6.07, 6.45) is 2.83. The molecule has 108 valence electrons. The molecule has 0 aliphatic carbocycles. The standard InChI is InChI=1S/C15H26N2O2/c1-4-18-14-6-5-7-17(11-14)10-13-8-15(9-16-3)19-12(13)2/h8,14,16H,4-7,9-11H2,1-3H3. The van der Waals surface area contributed by atoms with E-state index in [1.165, 1.54) is 18.4 Å². The van der Waals surface area contributed by atoms with E-state index >= 15 is 0 Å². The van der Waals surface area contributed by atoms with Gasteiger partial charge in [-0.1, -0.05) is 0 Å². The summed E-state index contributed by atoms with van der Waals surface area (Å²) >= 11 is 0. The first-order valence-corrected chi connectivity index (χ1v) is 7.29. The second-order valence-corrected chi connectivity index (χ2v) is 5.28. The van der Waals surface area contributed by atoms with Crippen molar-refractivity contribution < 1.29 is 9.15 Å². The second kappa shape index (κ2) is 7.08. The van der Waals surface area contributed by atoms with Gasteiger partial charge in [-0.05, 0) is 46.3 Å². The first-order valence-electron chi connectivity index (χ1n) is 7.29. The summed E-state index contributed by atoms with van der Waals surface area (Å²) in [5, 5.41) is 3.12. The summed E-state index contributed by atoms with van der Waals surface area (Å²) in [4.78, 5) is 2.48. The van der Waals surface area contributed by atoms with E-state index in [1.807, 2.05) is 7.05 Å². The Morgan fingerprint density at radius 1 is 1.53 bits per heavy atom. The fourth-order valence-electron chi connectivity index (χ4n) is 2.78. The van der Waals surface area contributed by atoms with Crippen molar-refractivity contribution in [2.75, 3.05) is 26.7 Å². The van der Waals surface area contributed by atoms with Crippen LogP contribution in [0.15, 0.2) is 10.5 Å². The number of furan rings is 1. The Hall–Kier alpha value is -0.840. The molecule has 0 radical (unpaired) electrons. The Morgan fingerprint density at radius 3 is 3.11 bits per heavy atom. The molecule has 1 atom stereocenters. The van der Waals surface area contributed by atoms with E-state index in [4.69, 9.17) is 9.15 Å². The fraction of sp³-hybridized carbons (Fsp3) is 0.733. The van der Waals surface area contributed by atoms with Crippen LogP contribution in [0.1, 0.15) is 36.8 Å². The van der Waals surface area contributed by atoms with E-state index in [2.05, 4.69) is 30.1 Å². The van der Waals surface area contributed by atoms with Gasteiger partial charge in [0.25, 0.3) is 0 Å². The van der Waals surface area contributed by atoms with Gasteiger partial charge in [0.2, 0.25) is 0 Å². The van der Waals surface area contributed by atoms with E-state index < -0.39 is 0 Å². The average Bonchev–Trinajstić information content (AvgIpc) is 2.71. The van der Waals surface area contributed by atoms with E-state index in [1.54, 1.807) is 0 Å². The van der Waals surface area contributed by atoms with E-state index in [-0.39, 0.29) is 0 Å². The molecule has 1 N–H and O–H groups in total. The number of hydrogen-bond acceptors (Lipinski definition) is 4. The van der Waals surface area contributed by atoms with Crippen molar-refractivity contribution in [1.29, 1.82) is 0 Å². The van der Waals surface area contributed by atoms with Crippen LogP contribution < -0.4 is 5.32 Å². The Morgan fingerprint density at radius 2 is 2.37 bits per heavy atom. The third-order valence-corrected chi connectivity index (χ3v) is 3.68. The highest BCUT2D eigenvalue weighted by Gasteiger charge is 2.21. The smallest absolute Gasteiger partial charge is 0.118 e. The van der Waals surface area contributed by atoms with Crippen LogP contribution in [0.3, 0.4) is 0 Å². The topological polar surface area (TPSA) is 37.6 Å². The zero-order valence-corrected chi connectivity index (χ0v) is 12.4. The van der Waals surface area contributed by atoms with Gasteiger partial charge in [-0.2, -0.15) is 0 Å². The highest BCUT2D eigenvalue weighted by Crippen LogP contribution is 2.20. The molecule has 0 spiro atoms. The molecule has 0 bridgehead atoms. The highest BCUT2D eigenvalue weighted by atomic mass is 16.5. The first kappa shape index (κ1) is 14.6. The Kier molecular flexibility index (Phi) is 5.43. The number of aryl methyl sites for hydroxylation is 1. The molecular weight excluding hydrogens is 240 g/mol. The molecule has 1 saturated heterocycles. The van der Waals surface area contributed by atoms with E-state index in [9.17, 15) is 0 Å². The van der Waals surface area contributed by atoms with Crippen LogP contribution in [0.4, 0.5) is 0 Å². The van der Waals surface area contributed by atoms with Crippen LogP contribution in [0.25, 0.3) is 0 Å². The number of nitrogens with zero attached hydrogens (tertiary/aromatic N) is 1. The summed E-state index contributed by atoms with van der Waals surface area (Å²) in [6, 6.07) is 2.18. The highest BCUT2D eigenvalue weighted by molar-refractivity contribution is 5.20. The summed E-state index contributed by atoms with van der Waals surface area (Å²) in [5.41, 5.74) is 1.31. The van der Waals surface area contributed by atoms with Gasteiger partial charge in [0.05, 0.1) is 12.6 Å². The number of hydrogen-bond donors (Lipinski definition) is 1. The first-order chi connectivity index (χ1) is 9.22. The molecule has 0 aromatic carbocycles. The lowest BCUT2D eigenvalue weighted by Gasteiger charge is -2.32. The van der Waals surface area contributed by atoms with Crippen molar-refractivity contribution in [2.24, 2.45) is 0 Å². The summed E-state index contributed by atoms with van der Waals surface area (Å²) in [7, 11) is 1.94. The van der Waals surface area contributed by atoms with Crippen molar-refractivity contribution in [3.8, 4) is 0 Å².